The zero-order chi connectivity index (χ0) is 22.6. The van der Waals surface area contributed by atoms with Crippen LogP contribution in [0, 0.1) is 16.0 Å². The van der Waals surface area contributed by atoms with E-state index in [2.05, 4.69) is 24.0 Å². The van der Waals surface area contributed by atoms with E-state index in [1.807, 2.05) is 17.6 Å². The molecule has 162 valence electrons. The van der Waals surface area contributed by atoms with Crippen molar-refractivity contribution in [3.63, 3.8) is 0 Å². The molecule has 3 aromatic rings. The normalized spacial score (nSPS) is 21.6. The Bertz CT molecular complexity index is 1290. The van der Waals surface area contributed by atoms with E-state index in [9.17, 15) is 14.9 Å². The third kappa shape index (κ3) is 3.10. The number of nitrogens with zero attached hydrogens (tertiary/aromatic N) is 4. The number of fused-ring (bicyclic) bond motifs is 3. The van der Waals surface area contributed by atoms with Gasteiger partial charge in [0.25, 0.3) is 11.6 Å². The van der Waals surface area contributed by atoms with Crippen LogP contribution in [0.3, 0.4) is 0 Å². The van der Waals surface area contributed by atoms with E-state index in [0.29, 0.717) is 28.8 Å². The third-order valence-corrected chi connectivity index (χ3v) is 6.49. The van der Waals surface area contributed by atoms with Gasteiger partial charge in [-0.3, -0.25) is 24.5 Å². The molecule has 1 atom stereocenters. The summed E-state index contributed by atoms with van der Waals surface area (Å²) in [7, 11) is 0. The minimum atomic E-state index is -0.628. The van der Waals surface area contributed by atoms with E-state index in [4.69, 9.17) is 10.7 Å². The minimum Gasteiger partial charge on any atom is -0.364 e. The van der Waals surface area contributed by atoms with Crippen LogP contribution in [0.4, 0.5) is 5.69 Å². The molecule has 2 N–H and O–H groups in total. The van der Waals surface area contributed by atoms with Gasteiger partial charge in [-0.1, -0.05) is 25.1 Å². The smallest absolute Gasteiger partial charge is 0.278 e. The first-order valence-corrected chi connectivity index (χ1v) is 10.7. The van der Waals surface area contributed by atoms with Gasteiger partial charge in [0.2, 0.25) is 0 Å². The van der Waals surface area contributed by atoms with Crippen molar-refractivity contribution < 1.29 is 9.72 Å². The molecule has 0 spiro atoms. The van der Waals surface area contributed by atoms with E-state index in [0.717, 1.165) is 24.1 Å². The molecule has 1 aromatic heterocycles. The van der Waals surface area contributed by atoms with Crippen molar-refractivity contribution in [1.29, 1.82) is 0 Å². The van der Waals surface area contributed by atoms with Crippen molar-refractivity contribution in [2.24, 2.45) is 16.6 Å². The zero-order valence-electron chi connectivity index (χ0n) is 17.9. The summed E-state index contributed by atoms with van der Waals surface area (Å²) < 4.78 is 1.83. The monoisotopic (exact) mass is 429 g/mol. The summed E-state index contributed by atoms with van der Waals surface area (Å²) >= 11 is 0. The maximum atomic E-state index is 12.0. The fraction of sp³-hybridized carbons (Fsp3) is 0.292. The molecule has 2 heterocycles. The second kappa shape index (κ2) is 7.40. The summed E-state index contributed by atoms with van der Waals surface area (Å²) in [5.74, 6) is 0.531. The molecule has 1 aliphatic carbocycles. The molecule has 5 rings (SSSR count). The summed E-state index contributed by atoms with van der Waals surface area (Å²) in [4.78, 5) is 32.6. The number of primary amides is 1. The zero-order valence-corrected chi connectivity index (χ0v) is 17.9. The van der Waals surface area contributed by atoms with Crippen LogP contribution in [0.5, 0.6) is 0 Å². The first-order chi connectivity index (χ1) is 15.3. The lowest BCUT2D eigenvalue weighted by molar-refractivity contribution is -0.385. The van der Waals surface area contributed by atoms with E-state index >= 15 is 0 Å². The molecular weight excluding hydrogens is 406 g/mol. The number of aromatic nitrogens is 2. The number of nitrogens with two attached hydrogens (primary N) is 1. The molecule has 0 bridgehead atoms. The number of hydrogen-bond acceptors (Lipinski definition) is 5. The summed E-state index contributed by atoms with van der Waals surface area (Å²) in [6, 6.07) is 12.3. The molecule has 8 nitrogen and oxygen atoms in total. The Morgan fingerprint density at radius 2 is 1.91 bits per heavy atom. The molecule has 0 unspecified atom stereocenters. The van der Waals surface area contributed by atoms with E-state index in [1.165, 1.54) is 11.6 Å². The van der Waals surface area contributed by atoms with Crippen LogP contribution in [0.25, 0.3) is 5.69 Å². The summed E-state index contributed by atoms with van der Waals surface area (Å²) in [6.45, 7) is 4.08. The summed E-state index contributed by atoms with van der Waals surface area (Å²) in [6.07, 6.45) is 3.82. The van der Waals surface area contributed by atoms with E-state index < -0.39 is 11.9 Å². The SMILES string of the molecule is CC1CC(c2ccc3c(c2)C(c2ccccc2[N+](=O)[O-])=N[C@@H](C)c2c(C(N)=O)ncn2-3)C1. The fourth-order valence-electron chi connectivity index (χ4n) is 4.89. The number of para-hydroxylation sites is 1. The highest BCUT2D eigenvalue weighted by Gasteiger charge is 2.32. The quantitative estimate of drug-likeness (QED) is 0.491. The fourth-order valence-corrected chi connectivity index (χ4v) is 4.89. The van der Waals surface area contributed by atoms with Crippen LogP contribution in [-0.2, 0) is 0 Å². The standard InChI is InChI=1S/C24H23N5O3/c1-13-9-16(10-13)15-7-8-19-18(11-15)21(17-5-3-4-6-20(17)29(31)32)27-14(2)23-22(24(25)30)26-12-28(19)23/h3-8,11-14,16H,9-10H2,1-2H3,(H2,25,30)/t13?,14-,16?/m0/s1. The van der Waals surface area contributed by atoms with Crippen molar-refractivity contribution in [3.8, 4) is 5.69 Å². The van der Waals surface area contributed by atoms with Gasteiger partial charge in [0, 0.05) is 11.6 Å². The third-order valence-electron chi connectivity index (χ3n) is 6.49. The Morgan fingerprint density at radius 1 is 1.16 bits per heavy atom. The first kappa shape index (κ1) is 20.1. The number of carbonyl (C=O) groups is 1. The highest BCUT2D eigenvalue weighted by atomic mass is 16.6. The van der Waals surface area contributed by atoms with Crippen LogP contribution in [0.15, 0.2) is 53.8 Å². The molecule has 1 saturated carbocycles. The number of imidazole rings is 1. The van der Waals surface area contributed by atoms with Gasteiger partial charge < -0.3 is 5.73 Å². The van der Waals surface area contributed by atoms with Crippen LogP contribution in [0.2, 0.25) is 0 Å². The van der Waals surface area contributed by atoms with Gasteiger partial charge >= 0.3 is 0 Å². The van der Waals surface area contributed by atoms with Gasteiger partial charge in [0.1, 0.15) is 6.33 Å². The number of aliphatic imine (C=N–C) groups is 1. The number of nitro benzene ring substituents is 1. The summed E-state index contributed by atoms with van der Waals surface area (Å²) in [5, 5.41) is 11.8. The van der Waals surface area contributed by atoms with E-state index in [1.54, 1.807) is 24.5 Å². The molecule has 0 radical (unpaired) electrons. The maximum Gasteiger partial charge on any atom is 0.278 e. The second-order valence-electron chi connectivity index (χ2n) is 8.69. The molecule has 1 amide bonds. The van der Waals surface area contributed by atoms with Gasteiger partial charge in [-0.25, -0.2) is 4.98 Å². The number of nitro groups is 1. The molecule has 0 saturated heterocycles. The topological polar surface area (TPSA) is 116 Å². The maximum absolute atomic E-state index is 12.0. The van der Waals surface area contributed by atoms with Gasteiger partial charge in [0.15, 0.2) is 5.69 Å². The first-order valence-electron chi connectivity index (χ1n) is 10.7. The Hall–Kier alpha value is -3.81. The second-order valence-corrected chi connectivity index (χ2v) is 8.69. The average Bonchev–Trinajstić information content (AvgIpc) is 3.16. The predicted molar refractivity (Wildman–Crippen MR) is 120 cm³/mol. The molecule has 8 heteroatoms. The van der Waals surface area contributed by atoms with Crippen LogP contribution in [0.1, 0.15) is 71.5 Å². The van der Waals surface area contributed by atoms with Gasteiger partial charge in [-0.15, -0.1) is 0 Å². The molecule has 32 heavy (non-hydrogen) atoms. The van der Waals surface area contributed by atoms with Gasteiger partial charge in [0.05, 0.1) is 33.6 Å². The van der Waals surface area contributed by atoms with Crippen molar-refractivity contribution in [1.82, 2.24) is 9.55 Å². The minimum absolute atomic E-state index is 0.00750. The number of hydrogen-bond donors (Lipinski definition) is 1. The molecule has 2 aromatic carbocycles. The van der Waals surface area contributed by atoms with E-state index in [-0.39, 0.29) is 16.3 Å². The lowest BCUT2D eigenvalue weighted by Gasteiger charge is -2.33. The molecular formula is C24H23N5O3. The largest absolute Gasteiger partial charge is 0.364 e. The molecule has 2 aliphatic rings. The van der Waals surface area contributed by atoms with Crippen LogP contribution >= 0.6 is 0 Å². The Labute approximate surface area is 185 Å². The Balaban J connectivity index is 1.78. The van der Waals surface area contributed by atoms with Crippen molar-refractivity contribution in [2.75, 3.05) is 0 Å². The number of benzene rings is 2. The highest BCUT2D eigenvalue weighted by molar-refractivity contribution is 6.17. The van der Waals surface area contributed by atoms with Crippen molar-refractivity contribution in [2.45, 2.75) is 38.6 Å². The Morgan fingerprint density at radius 3 is 2.59 bits per heavy atom. The number of carbonyl (C=O) groups excluding carboxylic acids is 1. The lowest BCUT2D eigenvalue weighted by atomic mass is 9.72. The highest BCUT2D eigenvalue weighted by Crippen LogP contribution is 2.43. The average molecular weight is 429 g/mol. The molecule has 1 aliphatic heterocycles. The van der Waals surface area contributed by atoms with Crippen molar-refractivity contribution in [3.05, 3.63) is 87.0 Å². The summed E-state index contributed by atoms with van der Waals surface area (Å²) in [5.41, 5.74) is 10.0. The Kier molecular flexibility index (Phi) is 4.65. The van der Waals surface area contributed by atoms with Crippen LogP contribution in [-0.4, -0.2) is 26.1 Å². The van der Waals surface area contributed by atoms with Gasteiger partial charge in [-0.05, 0) is 55.4 Å². The predicted octanol–water partition coefficient (Wildman–Crippen LogP) is 4.30. The van der Waals surface area contributed by atoms with Crippen LogP contribution < -0.4 is 5.73 Å². The molecule has 1 fully saturated rings. The van der Waals surface area contributed by atoms with Gasteiger partial charge in [-0.2, -0.15) is 0 Å². The number of amides is 1. The lowest BCUT2D eigenvalue weighted by Crippen LogP contribution is -2.19. The van der Waals surface area contributed by atoms with Crippen molar-refractivity contribution >= 4 is 17.3 Å². The number of rotatable bonds is 4.